The fourth-order valence-electron chi connectivity index (χ4n) is 2.80. The number of fused-ring (bicyclic) bond motifs is 1. The monoisotopic (exact) mass is 327 g/mol. The number of imidazole rings is 1. The molecule has 3 rings (SSSR count). The molecule has 0 aliphatic carbocycles. The molecular formula is C15H16F3N3O2. The van der Waals surface area contributed by atoms with Crippen LogP contribution >= 0.6 is 0 Å². The predicted octanol–water partition coefficient (Wildman–Crippen LogP) is 2.83. The summed E-state index contributed by atoms with van der Waals surface area (Å²) in [6.07, 6.45) is -4.69. The zero-order valence-electron chi connectivity index (χ0n) is 12.6. The van der Waals surface area contributed by atoms with Crippen LogP contribution in [0.15, 0.2) is 18.2 Å². The minimum absolute atomic E-state index is 0.0737. The molecular weight excluding hydrogens is 311 g/mol. The molecule has 2 aromatic rings. The Labute approximate surface area is 130 Å². The molecule has 1 saturated heterocycles. The van der Waals surface area contributed by atoms with E-state index in [0.717, 1.165) is 0 Å². The van der Waals surface area contributed by atoms with E-state index in [1.807, 2.05) is 13.8 Å². The number of rotatable bonds is 1. The Kier molecular flexibility index (Phi) is 3.79. The number of hydrogen-bond donors (Lipinski definition) is 1. The van der Waals surface area contributed by atoms with E-state index in [1.54, 1.807) is 4.90 Å². The summed E-state index contributed by atoms with van der Waals surface area (Å²) in [6.45, 7) is 4.67. The fraction of sp³-hybridized carbons (Fsp3) is 0.467. The maximum atomic E-state index is 12.7. The third-order valence-corrected chi connectivity index (χ3v) is 3.70. The minimum atomic E-state index is -4.54. The maximum absolute atomic E-state index is 12.7. The molecule has 1 amide bonds. The maximum Gasteiger partial charge on any atom is 0.449 e. The summed E-state index contributed by atoms with van der Waals surface area (Å²) >= 11 is 0. The van der Waals surface area contributed by atoms with Gasteiger partial charge in [-0.2, -0.15) is 13.2 Å². The molecule has 2 atom stereocenters. The molecule has 124 valence electrons. The zero-order valence-corrected chi connectivity index (χ0v) is 12.6. The number of nitrogens with one attached hydrogen (secondary N) is 1. The highest BCUT2D eigenvalue weighted by molar-refractivity contribution is 5.97. The smallest absolute Gasteiger partial charge is 0.372 e. The Bertz CT molecular complexity index is 731. The first kappa shape index (κ1) is 15.8. The van der Waals surface area contributed by atoms with Gasteiger partial charge >= 0.3 is 6.18 Å². The molecule has 0 radical (unpaired) electrons. The van der Waals surface area contributed by atoms with Gasteiger partial charge in [-0.05, 0) is 32.0 Å². The van der Waals surface area contributed by atoms with Gasteiger partial charge in [-0.25, -0.2) is 4.98 Å². The number of nitrogens with zero attached hydrogens (tertiary/aromatic N) is 2. The van der Waals surface area contributed by atoms with Crippen LogP contribution in [0.1, 0.15) is 30.0 Å². The number of morpholine rings is 1. The van der Waals surface area contributed by atoms with Gasteiger partial charge in [0.15, 0.2) is 0 Å². The van der Waals surface area contributed by atoms with Gasteiger partial charge in [0, 0.05) is 18.7 Å². The van der Waals surface area contributed by atoms with Crippen LogP contribution in [0.5, 0.6) is 0 Å². The number of amides is 1. The van der Waals surface area contributed by atoms with Crippen LogP contribution in [0, 0.1) is 0 Å². The Morgan fingerprint density at radius 3 is 2.57 bits per heavy atom. The van der Waals surface area contributed by atoms with Crippen LogP contribution in [-0.4, -0.2) is 46.1 Å². The first-order chi connectivity index (χ1) is 10.7. The summed E-state index contributed by atoms with van der Waals surface area (Å²) in [4.78, 5) is 19.9. The van der Waals surface area contributed by atoms with Crippen molar-refractivity contribution in [1.82, 2.24) is 14.9 Å². The van der Waals surface area contributed by atoms with Crippen molar-refractivity contribution in [2.75, 3.05) is 13.1 Å². The Balaban J connectivity index is 1.89. The molecule has 8 heteroatoms. The second-order valence-corrected chi connectivity index (χ2v) is 5.78. The van der Waals surface area contributed by atoms with Crippen LogP contribution in [0.4, 0.5) is 13.2 Å². The molecule has 0 saturated carbocycles. The summed E-state index contributed by atoms with van der Waals surface area (Å²) in [5, 5.41) is 0. The summed E-state index contributed by atoms with van der Waals surface area (Å²) in [5.41, 5.74) is 0.700. The van der Waals surface area contributed by atoms with E-state index in [9.17, 15) is 18.0 Å². The van der Waals surface area contributed by atoms with Gasteiger partial charge in [-0.3, -0.25) is 4.79 Å². The minimum Gasteiger partial charge on any atom is -0.372 e. The zero-order chi connectivity index (χ0) is 16.8. The second-order valence-electron chi connectivity index (χ2n) is 5.78. The quantitative estimate of drug-likeness (QED) is 0.876. The average Bonchev–Trinajstić information content (AvgIpc) is 2.88. The third-order valence-electron chi connectivity index (χ3n) is 3.70. The van der Waals surface area contributed by atoms with Crippen molar-refractivity contribution >= 4 is 16.9 Å². The van der Waals surface area contributed by atoms with Crippen molar-refractivity contribution < 1.29 is 22.7 Å². The third kappa shape index (κ3) is 3.17. The lowest BCUT2D eigenvalue weighted by atomic mass is 10.1. The number of halogens is 3. The highest BCUT2D eigenvalue weighted by Crippen LogP contribution is 2.29. The lowest BCUT2D eigenvalue weighted by Crippen LogP contribution is -2.48. The van der Waals surface area contributed by atoms with E-state index in [0.29, 0.717) is 18.7 Å². The van der Waals surface area contributed by atoms with Gasteiger partial charge in [0.25, 0.3) is 5.91 Å². The summed E-state index contributed by atoms with van der Waals surface area (Å²) in [5.74, 6) is -1.29. The van der Waals surface area contributed by atoms with Crippen molar-refractivity contribution in [2.24, 2.45) is 0 Å². The number of aromatic nitrogens is 2. The molecule has 1 aromatic carbocycles. The number of benzene rings is 1. The molecule has 23 heavy (non-hydrogen) atoms. The van der Waals surface area contributed by atoms with Gasteiger partial charge in [-0.15, -0.1) is 0 Å². The van der Waals surface area contributed by atoms with Crippen molar-refractivity contribution in [3.05, 3.63) is 29.6 Å². The number of ether oxygens (including phenoxy) is 1. The Morgan fingerprint density at radius 2 is 1.96 bits per heavy atom. The molecule has 2 heterocycles. The van der Waals surface area contributed by atoms with Crippen LogP contribution in [0.25, 0.3) is 11.0 Å². The summed E-state index contributed by atoms with van der Waals surface area (Å²) in [6, 6.07) is 4.32. The van der Waals surface area contributed by atoms with Crippen molar-refractivity contribution in [2.45, 2.75) is 32.2 Å². The molecule has 1 N–H and O–H groups in total. The van der Waals surface area contributed by atoms with Gasteiger partial charge in [0.2, 0.25) is 5.82 Å². The van der Waals surface area contributed by atoms with E-state index >= 15 is 0 Å². The second kappa shape index (κ2) is 5.52. The topological polar surface area (TPSA) is 58.2 Å². The van der Waals surface area contributed by atoms with Crippen molar-refractivity contribution in [3.8, 4) is 0 Å². The van der Waals surface area contributed by atoms with Crippen LogP contribution < -0.4 is 0 Å². The van der Waals surface area contributed by atoms with E-state index in [-0.39, 0.29) is 29.1 Å². The van der Waals surface area contributed by atoms with E-state index < -0.39 is 12.0 Å². The fourth-order valence-corrected chi connectivity index (χ4v) is 2.80. The summed E-state index contributed by atoms with van der Waals surface area (Å²) in [7, 11) is 0. The Hall–Kier alpha value is -2.09. The van der Waals surface area contributed by atoms with Crippen LogP contribution in [-0.2, 0) is 10.9 Å². The van der Waals surface area contributed by atoms with E-state index in [2.05, 4.69) is 9.97 Å². The Morgan fingerprint density at radius 1 is 1.30 bits per heavy atom. The number of carbonyl (C=O) groups excluding carboxylic acids is 1. The lowest BCUT2D eigenvalue weighted by molar-refractivity contribution is -0.144. The molecule has 0 bridgehead atoms. The highest BCUT2D eigenvalue weighted by Gasteiger charge is 2.35. The first-order valence-electron chi connectivity index (χ1n) is 7.25. The number of alkyl halides is 3. The van der Waals surface area contributed by atoms with Gasteiger partial charge < -0.3 is 14.6 Å². The summed E-state index contributed by atoms with van der Waals surface area (Å²) < 4.78 is 43.6. The molecule has 0 unspecified atom stereocenters. The number of aromatic amines is 1. The first-order valence-corrected chi connectivity index (χ1v) is 7.25. The lowest BCUT2D eigenvalue weighted by Gasteiger charge is -2.35. The van der Waals surface area contributed by atoms with Gasteiger partial charge in [0.05, 0.1) is 23.2 Å². The molecule has 1 aliphatic rings. The van der Waals surface area contributed by atoms with Gasteiger partial charge in [-0.1, -0.05) is 0 Å². The SMILES string of the molecule is C[C@H]1CN(C(=O)c2ccc3nc(C(F)(F)F)[nH]c3c2)C[C@H](C)O1. The standard InChI is InChI=1S/C15H16F3N3O2/c1-8-6-21(7-9(2)23-8)13(22)10-3-4-11-12(5-10)20-14(19-11)15(16,17)18/h3-5,8-9H,6-7H2,1-2H3,(H,19,20)/t8-,9-/m0/s1. The molecule has 0 spiro atoms. The van der Waals surface area contributed by atoms with Crippen LogP contribution in [0.2, 0.25) is 0 Å². The largest absolute Gasteiger partial charge is 0.449 e. The number of H-pyrrole nitrogens is 1. The van der Waals surface area contributed by atoms with Gasteiger partial charge in [0.1, 0.15) is 0 Å². The van der Waals surface area contributed by atoms with Crippen molar-refractivity contribution in [1.29, 1.82) is 0 Å². The van der Waals surface area contributed by atoms with Crippen molar-refractivity contribution in [3.63, 3.8) is 0 Å². The van der Waals surface area contributed by atoms with E-state index in [1.165, 1.54) is 18.2 Å². The predicted molar refractivity (Wildman–Crippen MR) is 77.0 cm³/mol. The molecule has 5 nitrogen and oxygen atoms in total. The average molecular weight is 327 g/mol. The van der Waals surface area contributed by atoms with E-state index in [4.69, 9.17) is 4.74 Å². The number of carbonyl (C=O) groups is 1. The number of hydrogen-bond acceptors (Lipinski definition) is 3. The van der Waals surface area contributed by atoms with Crippen LogP contribution in [0.3, 0.4) is 0 Å². The normalized spacial score (nSPS) is 22.6. The molecule has 1 aliphatic heterocycles. The molecule has 1 fully saturated rings. The molecule has 1 aromatic heterocycles. The highest BCUT2D eigenvalue weighted by atomic mass is 19.4.